The number of halogens is 2. The van der Waals surface area contributed by atoms with Crippen molar-refractivity contribution in [2.75, 3.05) is 20.1 Å². The number of nitrogens with one attached hydrogen (secondary N) is 1. The molecule has 0 aliphatic heterocycles. The molecule has 0 radical (unpaired) electrons. The van der Waals surface area contributed by atoms with E-state index in [1.807, 2.05) is 32.0 Å². The van der Waals surface area contributed by atoms with Gasteiger partial charge in [0.1, 0.15) is 0 Å². The van der Waals surface area contributed by atoms with Crippen LogP contribution in [0.2, 0.25) is 5.02 Å². The molecule has 0 unspecified atom stereocenters. The van der Waals surface area contributed by atoms with E-state index in [0.717, 1.165) is 5.56 Å². The van der Waals surface area contributed by atoms with Gasteiger partial charge < -0.3 is 10.6 Å². The summed E-state index contributed by atoms with van der Waals surface area (Å²) in [5.74, 6) is -0.106. The minimum absolute atomic E-state index is 0. The first-order valence-corrected chi connectivity index (χ1v) is 7.47. The maximum Gasteiger partial charge on any atom is 0.257 e. The molecular weight excluding hydrogens is 335 g/mol. The molecule has 2 aromatic rings. The lowest BCUT2D eigenvalue weighted by Gasteiger charge is -2.29. The summed E-state index contributed by atoms with van der Waals surface area (Å²) in [6.07, 6.45) is 1.53. The lowest BCUT2D eigenvalue weighted by Crippen LogP contribution is -2.39. The lowest BCUT2D eigenvalue weighted by molar-refractivity contribution is 0.0741. The van der Waals surface area contributed by atoms with Gasteiger partial charge in [0, 0.05) is 24.2 Å². The fraction of sp³-hybridized carbons (Fsp3) is 0.375. The normalized spacial score (nSPS) is 11.0. The van der Waals surface area contributed by atoms with Crippen molar-refractivity contribution in [3.8, 4) is 11.3 Å². The van der Waals surface area contributed by atoms with Gasteiger partial charge in [-0.15, -0.1) is 12.4 Å². The summed E-state index contributed by atoms with van der Waals surface area (Å²) in [7, 11) is 1.77. The molecule has 1 amide bonds. The lowest BCUT2D eigenvalue weighted by atomic mass is 9.93. The molecule has 3 N–H and O–H groups in total. The quantitative estimate of drug-likeness (QED) is 0.863. The van der Waals surface area contributed by atoms with Crippen molar-refractivity contribution in [2.24, 2.45) is 11.1 Å². The number of aromatic amines is 1. The van der Waals surface area contributed by atoms with Gasteiger partial charge in [0.25, 0.3) is 5.91 Å². The van der Waals surface area contributed by atoms with E-state index in [9.17, 15) is 4.79 Å². The summed E-state index contributed by atoms with van der Waals surface area (Å²) in [5.41, 5.74) is 7.50. The van der Waals surface area contributed by atoms with Gasteiger partial charge in [-0.05, 0) is 18.0 Å². The van der Waals surface area contributed by atoms with Crippen LogP contribution in [0.15, 0.2) is 30.5 Å². The second kappa shape index (κ2) is 7.81. The Bertz CT molecular complexity index is 670. The smallest absolute Gasteiger partial charge is 0.257 e. The first kappa shape index (κ1) is 19.5. The summed E-state index contributed by atoms with van der Waals surface area (Å²) in [6, 6.07) is 7.36. The number of hydrogen-bond donors (Lipinski definition) is 2. The maximum atomic E-state index is 12.7. The number of carbonyl (C=O) groups is 1. The highest BCUT2D eigenvalue weighted by Crippen LogP contribution is 2.29. The summed E-state index contributed by atoms with van der Waals surface area (Å²) in [6.45, 7) is 5.13. The third kappa shape index (κ3) is 4.47. The van der Waals surface area contributed by atoms with Crippen LogP contribution in [-0.2, 0) is 0 Å². The minimum Gasteiger partial charge on any atom is -0.341 e. The van der Waals surface area contributed by atoms with Gasteiger partial charge in [0.15, 0.2) is 0 Å². The van der Waals surface area contributed by atoms with Crippen molar-refractivity contribution in [1.82, 2.24) is 15.1 Å². The van der Waals surface area contributed by atoms with Gasteiger partial charge in [-0.25, -0.2) is 0 Å². The predicted molar refractivity (Wildman–Crippen MR) is 96.1 cm³/mol. The molecular formula is C16H22Cl2N4O. The van der Waals surface area contributed by atoms with Crippen molar-refractivity contribution >= 4 is 29.9 Å². The Morgan fingerprint density at radius 3 is 2.65 bits per heavy atom. The maximum absolute atomic E-state index is 12.7. The Morgan fingerprint density at radius 2 is 2.04 bits per heavy atom. The molecule has 23 heavy (non-hydrogen) atoms. The zero-order chi connectivity index (χ0) is 16.3. The largest absolute Gasteiger partial charge is 0.341 e. The van der Waals surface area contributed by atoms with Gasteiger partial charge >= 0.3 is 0 Å². The van der Waals surface area contributed by atoms with E-state index in [1.165, 1.54) is 6.20 Å². The van der Waals surface area contributed by atoms with E-state index in [-0.39, 0.29) is 23.7 Å². The highest BCUT2D eigenvalue weighted by molar-refractivity contribution is 6.33. The molecule has 1 aromatic carbocycles. The predicted octanol–water partition coefficient (Wildman–Crippen LogP) is 3.21. The molecule has 2 rings (SSSR count). The van der Waals surface area contributed by atoms with Crippen LogP contribution >= 0.6 is 24.0 Å². The standard InChI is InChI=1S/C16H21ClN4O.ClH/c1-16(2,9-18)10-21(3)15(22)12-8-19-20-14(12)11-6-4-5-7-13(11)17;/h4-8H,9-10,18H2,1-3H3,(H,19,20);1H. The molecule has 5 nitrogen and oxygen atoms in total. The first-order chi connectivity index (χ1) is 10.4. The molecule has 0 aliphatic rings. The van der Waals surface area contributed by atoms with E-state index >= 15 is 0 Å². The van der Waals surface area contributed by atoms with E-state index in [0.29, 0.717) is 29.4 Å². The molecule has 0 saturated heterocycles. The zero-order valence-electron chi connectivity index (χ0n) is 13.5. The van der Waals surface area contributed by atoms with E-state index in [1.54, 1.807) is 18.0 Å². The number of nitrogens with zero attached hydrogens (tertiary/aromatic N) is 2. The molecule has 1 aromatic heterocycles. The van der Waals surface area contributed by atoms with Gasteiger partial charge in [0.05, 0.1) is 17.5 Å². The van der Waals surface area contributed by atoms with Crippen molar-refractivity contribution in [1.29, 1.82) is 0 Å². The van der Waals surface area contributed by atoms with E-state index in [4.69, 9.17) is 17.3 Å². The Balaban J connectivity index is 0.00000264. The Hall–Kier alpha value is -1.56. The summed E-state index contributed by atoms with van der Waals surface area (Å²) >= 11 is 6.21. The van der Waals surface area contributed by atoms with Crippen molar-refractivity contribution in [3.63, 3.8) is 0 Å². The fourth-order valence-corrected chi connectivity index (χ4v) is 2.53. The number of aromatic nitrogens is 2. The number of benzene rings is 1. The van der Waals surface area contributed by atoms with Crippen LogP contribution in [0.4, 0.5) is 0 Å². The van der Waals surface area contributed by atoms with Crippen LogP contribution in [0, 0.1) is 5.41 Å². The molecule has 0 bridgehead atoms. The van der Waals surface area contributed by atoms with Crippen LogP contribution in [0.3, 0.4) is 0 Å². The fourth-order valence-electron chi connectivity index (χ4n) is 2.30. The van der Waals surface area contributed by atoms with Crippen molar-refractivity contribution in [2.45, 2.75) is 13.8 Å². The third-order valence-electron chi connectivity index (χ3n) is 3.58. The second-order valence-electron chi connectivity index (χ2n) is 6.17. The Labute approximate surface area is 147 Å². The molecule has 7 heteroatoms. The van der Waals surface area contributed by atoms with Crippen molar-refractivity contribution < 1.29 is 4.79 Å². The van der Waals surface area contributed by atoms with Crippen LogP contribution < -0.4 is 5.73 Å². The minimum atomic E-state index is -0.140. The zero-order valence-corrected chi connectivity index (χ0v) is 15.0. The highest BCUT2D eigenvalue weighted by atomic mass is 35.5. The Kier molecular flexibility index (Phi) is 6.62. The highest BCUT2D eigenvalue weighted by Gasteiger charge is 2.25. The van der Waals surface area contributed by atoms with Crippen LogP contribution in [0.1, 0.15) is 24.2 Å². The number of rotatable bonds is 5. The topological polar surface area (TPSA) is 75.0 Å². The molecule has 0 fully saturated rings. The van der Waals surface area contributed by atoms with Gasteiger partial charge in [0.2, 0.25) is 0 Å². The average molecular weight is 357 g/mol. The monoisotopic (exact) mass is 356 g/mol. The molecule has 1 heterocycles. The van der Waals surface area contributed by atoms with Crippen LogP contribution in [0.25, 0.3) is 11.3 Å². The third-order valence-corrected chi connectivity index (χ3v) is 3.91. The molecule has 0 atom stereocenters. The summed E-state index contributed by atoms with van der Waals surface area (Å²) in [5, 5.41) is 7.45. The molecule has 0 saturated carbocycles. The molecule has 126 valence electrons. The molecule has 0 aliphatic carbocycles. The van der Waals surface area contributed by atoms with E-state index < -0.39 is 0 Å². The number of amides is 1. The van der Waals surface area contributed by atoms with Gasteiger partial charge in [-0.1, -0.05) is 43.6 Å². The second-order valence-corrected chi connectivity index (χ2v) is 6.58. The number of nitrogens with two attached hydrogens (primary N) is 1. The molecule has 0 spiro atoms. The SMILES string of the molecule is CN(CC(C)(C)CN)C(=O)c1cn[nH]c1-c1ccccc1Cl.Cl. The number of carbonyl (C=O) groups excluding carboxylic acids is 1. The first-order valence-electron chi connectivity index (χ1n) is 7.09. The number of H-pyrrole nitrogens is 1. The van der Waals surface area contributed by atoms with E-state index in [2.05, 4.69) is 10.2 Å². The van der Waals surface area contributed by atoms with Crippen LogP contribution in [0.5, 0.6) is 0 Å². The summed E-state index contributed by atoms with van der Waals surface area (Å²) in [4.78, 5) is 14.4. The number of hydrogen-bond acceptors (Lipinski definition) is 3. The Morgan fingerprint density at radius 1 is 1.39 bits per heavy atom. The van der Waals surface area contributed by atoms with Crippen LogP contribution in [-0.4, -0.2) is 41.1 Å². The average Bonchev–Trinajstić information content (AvgIpc) is 2.95. The van der Waals surface area contributed by atoms with Crippen molar-refractivity contribution in [3.05, 3.63) is 41.0 Å². The van der Waals surface area contributed by atoms with Gasteiger partial charge in [-0.2, -0.15) is 5.10 Å². The van der Waals surface area contributed by atoms with Gasteiger partial charge in [-0.3, -0.25) is 9.89 Å². The summed E-state index contributed by atoms with van der Waals surface area (Å²) < 4.78 is 0.